The van der Waals surface area contributed by atoms with Gasteiger partial charge in [-0.2, -0.15) is 0 Å². The van der Waals surface area contributed by atoms with E-state index in [0.29, 0.717) is 12.2 Å². The number of sulfonamides is 1. The van der Waals surface area contributed by atoms with Crippen LogP contribution in [-0.2, 0) is 39.0 Å². The maximum atomic E-state index is 15.0. The molecule has 0 unspecified atom stereocenters. The number of unbranched alkanes of at least 4 members (excludes halogenated alkanes) is 1. The fourth-order valence-corrected chi connectivity index (χ4v) is 6.45. The lowest BCUT2D eigenvalue weighted by Gasteiger charge is -2.34. The van der Waals surface area contributed by atoms with Crippen LogP contribution in [0.5, 0.6) is 0 Å². The lowest BCUT2D eigenvalue weighted by Crippen LogP contribution is -2.53. The van der Waals surface area contributed by atoms with Crippen molar-refractivity contribution in [1.29, 1.82) is 0 Å². The van der Waals surface area contributed by atoms with Gasteiger partial charge in [-0.05, 0) is 54.3 Å². The number of rotatable bonds is 15. The molecule has 0 aliphatic rings. The third-order valence-electron chi connectivity index (χ3n) is 7.64. The lowest BCUT2D eigenvalue weighted by atomic mass is 10.0. The van der Waals surface area contributed by atoms with Crippen molar-refractivity contribution in [2.45, 2.75) is 57.0 Å². The molecule has 1 atom stereocenters. The molecule has 4 rings (SSSR count). The van der Waals surface area contributed by atoms with E-state index in [1.165, 1.54) is 23.1 Å². The smallest absolute Gasteiger partial charge is 0.264 e. The van der Waals surface area contributed by atoms with Crippen LogP contribution in [0.25, 0.3) is 0 Å². The molecule has 0 aliphatic heterocycles. The average molecular weight is 630 g/mol. The molecule has 0 saturated carbocycles. The first-order valence-electron chi connectivity index (χ1n) is 15.3. The number of amides is 2. The molecule has 0 aromatic heterocycles. The van der Waals surface area contributed by atoms with Gasteiger partial charge in [-0.3, -0.25) is 13.9 Å². The predicted octanol–water partition coefficient (Wildman–Crippen LogP) is 6.14. The van der Waals surface area contributed by atoms with Crippen molar-refractivity contribution >= 4 is 27.5 Å². The number of carbonyl (C=O) groups excluding carboxylic acids is 2. The molecule has 1 N–H and O–H groups in total. The summed E-state index contributed by atoms with van der Waals surface area (Å²) in [5, 5.41) is 2.94. The van der Waals surface area contributed by atoms with Gasteiger partial charge in [0, 0.05) is 25.1 Å². The van der Waals surface area contributed by atoms with Gasteiger partial charge in [-0.25, -0.2) is 12.8 Å². The van der Waals surface area contributed by atoms with Gasteiger partial charge in [-0.15, -0.1) is 0 Å². The van der Waals surface area contributed by atoms with Crippen molar-refractivity contribution in [3.8, 4) is 0 Å². The zero-order chi connectivity index (χ0) is 32.2. The molecule has 0 bridgehead atoms. The van der Waals surface area contributed by atoms with Crippen LogP contribution in [0, 0.1) is 5.82 Å². The number of nitrogens with zero attached hydrogens (tertiary/aromatic N) is 2. The summed E-state index contributed by atoms with van der Waals surface area (Å²) >= 11 is 0. The van der Waals surface area contributed by atoms with E-state index >= 15 is 4.39 Å². The Morgan fingerprint density at radius 2 is 1.42 bits per heavy atom. The van der Waals surface area contributed by atoms with Crippen LogP contribution in [0.4, 0.5) is 10.1 Å². The Kier molecular flexibility index (Phi) is 11.9. The van der Waals surface area contributed by atoms with Crippen LogP contribution in [0.3, 0.4) is 0 Å². The quantitative estimate of drug-likeness (QED) is 0.160. The van der Waals surface area contributed by atoms with Gasteiger partial charge in [0.25, 0.3) is 10.0 Å². The molecular formula is C36H40FN3O4S. The van der Waals surface area contributed by atoms with Gasteiger partial charge in [-0.1, -0.05) is 99.1 Å². The van der Waals surface area contributed by atoms with E-state index in [-0.39, 0.29) is 29.3 Å². The minimum absolute atomic E-state index is 0.0242. The van der Waals surface area contributed by atoms with E-state index in [1.54, 1.807) is 48.5 Å². The van der Waals surface area contributed by atoms with Crippen LogP contribution in [0.15, 0.2) is 114 Å². The molecule has 4 aromatic rings. The second kappa shape index (κ2) is 16.0. The highest BCUT2D eigenvalue weighted by Gasteiger charge is 2.34. The highest BCUT2D eigenvalue weighted by atomic mass is 32.2. The van der Waals surface area contributed by atoms with E-state index < -0.39 is 34.3 Å². The van der Waals surface area contributed by atoms with Crippen LogP contribution in [0.2, 0.25) is 0 Å². The largest absolute Gasteiger partial charge is 0.354 e. The zero-order valence-corrected chi connectivity index (χ0v) is 26.5. The number of anilines is 1. The summed E-state index contributed by atoms with van der Waals surface area (Å²) in [5.74, 6) is -1.55. The molecule has 0 aliphatic carbocycles. The first-order valence-corrected chi connectivity index (χ1v) is 16.7. The van der Waals surface area contributed by atoms with Crippen LogP contribution < -0.4 is 9.62 Å². The summed E-state index contributed by atoms with van der Waals surface area (Å²) in [6, 6.07) is 29.2. The summed E-state index contributed by atoms with van der Waals surface area (Å²) in [6.07, 6.45) is 2.54. The highest BCUT2D eigenvalue weighted by Crippen LogP contribution is 2.26. The summed E-state index contributed by atoms with van der Waals surface area (Å²) in [7, 11) is -4.19. The van der Waals surface area contributed by atoms with Gasteiger partial charge in [0.15, 0.2) is 0 Å². The van der Waals surface area contributed by atoms with E-state index in [2.05, 4.69) is 5.32 Å². The first kappa shape index (κ1) is 33.4. The highest BCUT2D eigenvalue weighted by molar-refractivity contribution is 7.92. The maximum absolute atomic E-state index is 15.0. The van der Waals surface area contributed by atoms with Crippen molar-refractivity contribution in [2.75, 3.05) is 17.4 Å². The molecule has 0 radical (unpaired) electrons. The third-order valence-corrected chi connectivity index (χ3v) is 9.43. The Morgan fingerprint density at radius 1 is 0.800 bits per heavy atom. The Labute approximate surface area is 265 Å². The predicted molar refractivity (Wildman–Crippen MR) is 176 cm³/mol. The van der Waals surface area contributed by atoms with Crippen molar-refractivity contribution in [2.24, 2.45) is 0 Å². The number of hydrogen-bond donors (Lipinski definition) is 1. The maximum Gasteiger partial charge on any atom is 0.264 e. The fourth-order valence-electron chi connectivity index (χ4n) is 5.02. The normalized spacial score (nSPS) is 11.9. The molecule has 0 spiro atoms. The number of benzene rings is 4. The van der Waals surface area contributed by atoms with E-state index in [9.17, 15) is 18.0 Å². The zero-order valence-electron chi connectivity index (χ0n) is 25.7. The minimum atomic E-state index is -4.19. The number of nitrogens with one attached hydrogen (secondary N) is 1. The topological polar surface area (TPSA) is 86.8 Å². The van der Waals surface area contributed by atoms with Crippen LogP contribution >= 0.6 is 0 Å². The fraction of sp³-hybridized carbons (Fsp3) is 0.278. The van der Waals surface area contributed by atoms with Gasteiger partial charge >= 0.3 is 0 Å². The van der Waals surface area contributed by atoms with Crippen molar-refractivity contribution in [3.05, 3.63) is 132 Å². The molecule has 7 nitrogen and oxygen atoms in total. The monoisotopic (exact) mass is 629 g/mol. The van der Waals surface area contributed by atoms with E-state index in [4.69, 9.17) is 0 Å². The summed E-state index contributed by atoms with van der Waals surface area (Å²) < 4.78 is 44.2. The Balaban J connectivity index is 1.79. The third kappa shape index (κ3) is 8.79. The van der Waals surface area contributed by atoms with Crippen molar-refractivity contribution in [1.82, 2.24) is 10.2 Å². The molecule has 236 valence electrons. The molecule has 4 aromatic carbocycles. The van der Waals surface area contributed by atoms with Crippen LogP contribution in [-0.4, -0.2) is 44.3 Å². The summed E-state index contributed by atoms with van der Waals surface area (Å²) in [6.45, 7) is 3.61. The Bertz CT molecular complexity index is 1650. The first-order chi connectivity index (χ1) is 21.7. The van der Waals surface area contributed by atoms with Crippen molar-refractivity contribution < 1.29 is 22.4 Å². The standard InChI is InChI=1S/C36H40FN3O4S/c1-3-5-24-38-36(42)34(25-29-14-8-6-9-15-29)39(26-30-16-12-13-19-33(30)37)35(41)27-40(31-22-20-28(4-2)21-23-31)45(43,44)32-17-10-7-11-18-32/h6-23,34H,3-5,24-27H2,1-2H3,(H,38,42)/t34-/m0/s1. The van der Waals surface area contributed by atoms with E-state index in [1.807, 2.05) is 56.3 Å². The van der Waals surface area contributed by atoms with Gasteiger partial charge in [0.2, 0.25) is 11.8 Å². The molecule has 45 heavy (non-hydrogen) atoms. The summed E-state index contributed by atoms with van der Waals surface area (Å²) in [5.41, 5.74) is 2.34. The lowest BCUT2D eigenvalue weighted by molar-refractivity contribution is -0.140. The SMILES string of the molecule is CCCCNC(=O)[C@H](Cc1ccccc1)N(Cc1ccccc1F)C(=O)CN(c1ccc(CC)cc1)S(=O)(=O)c1ccccc1. The Morgan fingerprint density at radius 3 is 2.04 bits per heavy atom. The molecule has 0 fully saturated rings. The second-order valence-electron chi connectivity index (χ2n) is 10.8. The Hall–Kier alpha value is -4.50. The minimum Gasteiger partial charge on any atom is -0.354 e. The molecule has 0 saturated heterocycles. The average Bonchev–Trinajstić information content (AvgIpc) is 3.07. The number of halogens is 1. The number of aryl methyl sites for hydroxylation is 1. The second-order valence-corrected chi connectivity index (χ2v) is 12.7. The van der Waals surface area contributed by atoms with Crippen molar-refractivity contribution in [3.63, 3.8) is 0 Å². The molecule has 0 heterocycles. The molecule has 9 heteroatoms. The van der Waals surface area contributed by atoms with Gasteiger partial charge in [0.1, 0.15) is 18.4 Å². The molecular weight excluding hydrogens is 589 g/mol. The molecule has 2 amide bonds. The van der Waals surface area contributed by atoms with Gasteiger partial charge < -0.3 is 10.2 Å². The number of hydrogen-bond acceptors (Lipinski definition) is 4. The number of carbonyl (C=O) groups is 2. The summed E-state index contributed by atoms with van der Waals surface area (Å²) in [4.78, 5) is 29.5. The van der Waals surface area contributed by atoms with Crippen LogP contribution in [0.1, 0.15) is 43.4 Å². The van der Waals surface area contributed by atoms with Gasteiger partial charge in [0.05, 0.1) is 10.6 Å². The van der Waals surface area contributed by atoms with E-state index in [0.717, 1.165) is 34.7 Å².